The third-order valence-electron chi connectivity index (χ3n) is 9.01. The number of aromatic nitrogens is 2. The number of likely N-dealkylation sites (N-methyl/N-ethyl adjacent to an activating group) is 1. The van der Waals surface area contributed by atoms with Crippen molar-refractivity contribution < 1.29 is 9.53 Å². The van der Waals surface area contributed by atoms with Gasteiger partial charge in [0.05, 0.1) is 34.9 Å². The number of ether oxygens (including phenoxy) is 1. The molecule has 0 N–H and O–H groups in total. The van der Waals surface area contributed by atoms with Crippen LogP contribution in [0.1, 0.15) is 29.2 Å². The summed E-state index contributed by atoms with van der Waals surface area (Å²) >= 11 is 0. The van der Waals surface area contributed by atoms with Crippen molar-refractivity contribution in [3.8, 4) is 17.0 Å². The Kier molecular flexibility index (Phi) is 4.85. The Morgan fingerprint density at radius 2 is 1.62 bits per heavy atom. The van der Waals surface area contributed by atoms with Gasteiger partial charge in [0.25, 0.3) is 0 Å². The number of piperidine rings is 1. The van der Waals surface area contributed by atoms with Crippen LogP contribution in [0, 0.1) is 5.41 Å². The van der Waals surface area contributed by atoms with Crippen LogP contribution < -0.4 is 4.74 Å². The normalized spacial score (nSPS) is 27.2. The molecule has 7 rings (SSSR count). The second-order valence-electron chi connectivity index (χ2n) is 10.8. The summed E-state index contributed by atoms with van der Waals surface area (Å²) in [5.74, 6) is 1.12. The molecule has 2 spiro atoms. The van der Waals surface area contributed by atoms with E-state index in [1.165, 1.54) is 0 Å². The Morgan fingerprint density at radius 1 is 0.919 bits per heavy atom. The van der Waals surface area contributed by atoms with Gasteiger partial charge in [0.15, 0.2) is 0 Å². The number of hydrogen-bond donors (Lipinski definition) is 0. The predicted molar refractivity (Wildman–Crippen MR) is 144 cm³/mol. The quantitative estimate of drug-likeness (QED) is 0.413. The first-order chi connectivity index (χ1) is 18.0. The summed E-state index contributed by atoms with van der Waals surface area (Å²) in [5, 5.41) is 0. The number of Topliss-reactive ketones (excluding diaryl/α,β-unsaturated/α-hetero) is 1. The van der Waals surface area contributed by atoms with E-state index in [0.29, 0.717) is 18.7 Å². The number of methoxy groups -OCH3 is 1. The van der Waals surface area contributed by atoms with Gasteiger partial charge in [0.2, 0.25) is 0 Å². The molecule has 0 amide bonds. The van der Waals surface area contributed by atoms with E-state index in [4.69, 9.17) is 14.7 Å². The van der Waals surface area contributed by atoms with Gasteiger partial charge < -0.3 is 9.64 Å². The van der Waals surface area contributed by atoms with Crippen LogP contribution >= 0.6 is 0 Å². The Bertz CT molecular complexity index is 1550. The van der Waals surface area contributed by atoms with Crippen LogP contribution in [0.5, 0.6) is 5.75 Å². The van der Waals surface area contributed by atoms with Crippen molar-refractivity contribution in [2.75, 3.05) is 40.8 Å². The van der Waals surface area contributed by atoms with Crippen LogP contribution in [0.2, 0.25) is 0 Å². The lowest BCUT2D eigenvalue weighted by Gasteiger charge is -2.51. The number of fused-ring (bicyclic) bond motifs is 7. The molecule has 0 bridgehead atoms. The number of benzene rings is 3. The van der Waals surface area contributed by atoms with Gasteiger partial charge in [-0.1, -0.05) is 48.5 Å². The average molecular weight is 491 g/mol. The molecule has 3 heterocycles. The van der Waals surface area contributed by atoms with E-state index in [2.05, 4.69) is 60.3 Å². The molecule has 2 aliphatic heterocycles. The Balaban J connectivity index is 1.58. The Morgan fingerprint density at radius 3 is 2.38 bits per heavy atom. The maximum Gasteiger partial charge on any atom is 0.144 e. The zero-order chi connectivity index (χ0) is 25.4. The number of carbonyl (C=O) groups is 1. The van der Waals surface area contributed by atoms with E-state index in [9.17, 15) is 4.79 Å². The SMILES string of the molecule is COc1ccc([C@H]2CN(C)[C@]3(c4ccccc4-c4nc5ccccc5nc43)[C@@]23CN(C)CCC3=O)cc1. The van der Waals surface area contributed by atoms with Gasteiger partial charge in [-0.15, -0.1) is 0 Å². The molecule has 0 unspecified atom stereocenters. The molecule has 186 valence electrons. The van der Waals surface area contributed by atoms with Gasteiger partial charge in [-0.25, -0.2) is 9.97 Å². The lowest BCUT2D eigenvalue weighted by molar-refractivity contribution is -0.140. The van der Waals surface area contributed by atoms with Crippen LogP contribution in [-0.2, 0) is 10.3 Å². The summed E-state index contributed by atoms with van der Waals surface area (Å²) < 4.78 is 5.45. The van der Waals surface area contributed by atoms with Gasteiger partial charge >= 0.3 is 0 Å². The third-order valence-corrected chi connectivity index (χ3v) is 9.01. The topological polar surface area (TPSA) is 58.6 Å². The smallest absolute Gasteiger partial charge is 0.144 e. The fraction of sp³-hybridized carbons (Fsp3) is 0.323. The monoisotopic (exact) mass is 490 g/mol. The van der Waals surface area contributed by atoms with E-state index in [0.717, 1.165) is 58.0 Å². The van der Waals surface area contributed by atoms with Gasteiger partial charge in [0.1, 0.15) is 17.1 Å². The van der Waals surface area contributed by atoms with Crippen LogP contribution in [0.15, 0.2) is 72.8 Å². The summed E-state index contributed by atoms with van der Waals surface area (Å²) in [7, 11) is 5.99. The molecule has 1 aliphatic carbocycles. The molecule has 3 aromatic carbocycles. The van der Waals surface area contributed by atoms with E-state index in [1.54, 1.807) is 7.11 Å². The lowest BCUT2D eigenvalue weighted by atomic mass is 9.56. The molecule has 0 saturated carbocycles. The van der Waals surface area contributed by atoms with Crippen molar-refractivity contribution in [2.24, 2.45) is 5.41 Å². The van der Waals surface area contributed by atoms with E-state index in [1.807, 2.05) is 36.4 Å². The molecule has 0 radical (unpaired) electrons. The van der Waals surface area contributed by atoms with Crippen molar-refractivity contribution in [2.45, 2.75) is 17.9 Å². The third kappa shape index (κ3) is 2.80. The van der Waals surface area contributed by atoms with E-state index >= 15 is 0 Å². The first-order valence-corrected chi connectivity index (χ1v) is 12.9. The first-order valence-electron chi connectivity index (χ1n) is 12.9. The molecule has 3 aliphatic rings. The predicted octanol–water partition coefficient (Wildman–Crippen LogP) is 4.48. The van der Waals surface area contributed by atoms with Gasteiger partial charge in [-0.05, 0) is 49.5 Å². The van der Waals surface area contributed by atoms with Crippen LogP contribution in [0.4, 0.5) is 0 Å². The van der Waals surface area contributed by atoms with Crippen LogP contribution in [-0.4, -0.2) is 66.4 Å². The minimum Gasteiger partial charge on any atom is -0.497 e. The second kappa shape index (κ2) is 7.94. The van der Waals surface area contributed by atoms with Crippen molar-refractivity contribution in [1.82, 2.24) is 19.8 Å². The number of hydrogen-bond acceptors (Lipinski definition) is 6. The molecule has 3 atom stereocenters. The molecule has 1 aromatic heterocycles. The first kappa shape index (κ1) is 22.6. The standard InChI is InChI=1S/C31H30N4O2/c1-34-17-16-27(36)30(19-34)24(20-12-14-21(37-3)15-13-20)18-35(2)31(30)23-9-5-4-8-22(23)28-29(31)33-26-11-7-6-10-25(26)32-28/h4-15,24H,16-19H2,1-3H3/t24-,30+,31+/m1/s1. The second-order valence-corrected chi connectivity index (χ2v) is 10.8. The lowest BCUT2D eigenvalue weighted by Crippen LogP contribution is -2.62. The van der Waals surface area contributed by atoms with Crippen LogP contribution in [0.25, 0.3) is 22.3 Å². The minimum atomic E-state index is -0.720. The minimum absolute atomic E-state index is 0.00840. The number of para-hydroxylation sites is 2. The van der Waals surface area contributed by atoms with Crippen molar-refractivity contribution in [3.63, 3.8) is 0 Å². The van der Waals surface area contributed by atoms with Crippen molar-refractivity contribution in [3.05, 3.63) is 89.6 Å². The number of nitrogens with zero attached hydrogens (tertiary/aromatic N) is 4. The fourth-order valence-corrected chi connectivity index (χ4v) is 7.53. The summed E-state index contributed by atoms with van der Waals surface area (Å²) in [4.78, 5) is 29.7. The molecule has 4 aromatic rings. The zero-order valence-electron chi connectivity index (χ0n) is 21.4. The highest BCUT2D eigenvalue weighted by molar-refractivity contribution is 5.94. The largest absolute Gasteiger partial charge is 0.497 e. The maximum absolute atomic E-state index is 14.5. The Labute approximate surface area is 216 Å². The van der Waals surface area contributed by atoms with Crippen LogP contribution in [0.3, 0.4) is 0 Å². The highest BCUT2D eigenvalue weighted by atomic mass is 16.5. The summed E-state index contributed by atoms with van der Waals surface area (Å²) in [6.07, 6.45) is 0.525. The molecular formula is C31H30N4O2. The van der Waals surface area contributed by atoms with Gasteiger partial charge in [-0.3, -0.25) is 9.69 Å². The summed E-state index contributed by atoms with van der Waals surface area (Å²) in [6, 6.07) is 24.8. The van der Waals surface area contributed by atoms with E-state index < -0.39 is 11.0 Å². The summed E-state index contributed by atoms with van der Waals surface area (Å²) in [6.45, 7) is 2.18. The molecule has 37 heavy (non-hydrogen) atoms. The van der Waals surface area contributed by atoms with Crippen molar-refractivity contribution in [1.29, 1.82) is 0 Å². The zero-order valence-corrected chi connectivity index (χ0v) is 21.4. The number of carbonyl (C=O) groups excluding carboxylic acids is 1. The molecule has 2 saturated heterocycles. The Hall–Kier alpha value is -3.61. The highest BCUT2D eigenvalue weighted by Crippen LogP contribution is 2.67. The van der Waals surface area contributed by atoms with Crippen molar-refractivity contribution >= 4 is 16.8 Å². The van der Waals surface area contributed by atoms with E-state index in [-0.39, 0.29) is 5.92 Å². The summed E-state index contributed by atoms with van der Waals surface area (Å²) in [5.41, 5.74) is 5.50. The average Bonchev–Trinajstić information content (AvgIpc) is 3.36. The highest BCUT2D eigenvalue weighted by Gasteiger charge is 2.72. The number of rotatable bonds is 2. The molecular weight excluding hydrogens is 460 g/mol. The number of likely N-dealkylation sites (tertiary alicyclic amines) is 2. The fourth-order valence-electron chi connectivity index (χ4n) is 7.53. The molecule has 2 fully saturated rings. The molecule has 6 heteroatoms. The number of ketones is 1. The van der Waals surface area contributed by atoms with Gasteiger partial charge in [-0.2, -0.15) is 0 Å². The van der Waals surface area contributed by atoms with Gasteiger partial charge in [0, 0.05) is 37.5 Å². The molecule has 6 nitrogen and oxygen atoms in total. The maximum atomic E-state index is 14.5.